The van der Waals surface area contributed by atoms with E-state index >= 15 is 0 Å². The van der Waals surface area contributed by atoms with Crippen molar-refractivity contribution >= 4 is 17.4 Å². The molecule has 23 heavy (non-hydrogen) atoms. The molecule has 2 aromatic rings. The van der Waals surface area contributed by atoms with E-state index in [9.17, 15) is 9.59 Å². The Morgan fingerprint density at radius 3 is 2.17 bits per heavy atom. The lowest BCUT2D eigenvalue weighted by Gasteiger charge is -2.07. The number of carbonyl (C=O) groups excluding carboxylic acids is 2. The third kappa shape index (κ3) is 4.81. The van der Waals surface area contributed by atoms with E-state index < -0.39 is 0 Å². The molecule has 2 aromatic carbocycles. The standard InChI is InChI=1S/C19H20N2O2/c1-3-15-9-11-17(12-10-15)19(23)21-20-18(22)13-14(2)16-7-5-4-6-8-16/h4-13H,3H2,1-2H3,(H,20,22)(H,21,23)/b14-13-. The van der Waals surface area contributed by atoms with Gasteiger partial charge in [-0.3, -0.25) is 20.4 Å². The molecule has 0 saturated carbocycles. The Morgan fingerprint density at radius 1 is 0.913 bits per heavy atom. The molecule has 0 aliphatic heterocycles. The van der Waals surface area contributed by atoms with Crippen LogP contribution in [0, 0.1) is 0 Å². The molecule has 2 rings (SSSR count). The van der Waals surface area contributed by atoms with E-state index in [2.05, 4.69) is 17.8 Å². The van der Waals surface area contributed by atoms with Gasteiger partial charge in [0, 0.05) is 11.6 Å². The smallest absolute Gasteiger partial charge is 0.268 e. The Bertz CT molecular complexity index is 704. The number of hydrazine groups is 1. The molecule has 0 spiro atoms. The molecule has 0 unspecified atom stereocenters. The van der Waals surface area contributed by atoms with Gasteiger partial charge in [0.25, 0.3) is 11.8 Å². The first-order valence-corrected chi connectivity index (χ1v) is 7.53. The van der Waals surface area contributed by atoms with Crippen LogP contribution in [0.1, 0.15) is 35.3 Å². The van der Waals surface area contributed by atoms with Gasteiger partial charge in [0.15, 0.2) is 0 Å². The van der Waals surface area contributed by atoms with Crippen molar-refractivity contribution < 1.29 is 9.59 Å². The molecular weight excluding hydrogens is 288 g/mol. The van der Waals surface area contributed by atoms with Gasteiger partial charge in [0.05, 0.1) is 0 Å². The SMILES string of the molecule is CCc1ccc(C(=O)NNC(=O)/C=C(/C)c2ccccc2)cc1. The molecule has 4 heteroatoms. The van der Waals surface area contributed by atoms with E-state index in [0.717, 1.165) is 23.1 Å². The zero-order chi connectivity index (χ0) is 16.7. The summed E-state index contributed by atoms with van der Waals surface area (Å²) in [7, 11) is 0. The monoisotopic (exact) mass is 308 g/mol. The number of hydrogen-bond acceptors (Lipinski definition) is 2. The van der Waals surface area contributed by atoms with Crippen LogP contribution in [0.5, 0.6) is 0 Å². The summed E-state index contributed by atoms with van der Waals surface area (Å²) < 4.78 is 0. The Balaban J connectivity index is 1.92. The number of carbonyl (C=O) groups is 2. The molecule has 0 bridgehead atoms. The second kappa shape index (κ2) is 7.94. The first kappa shape index (κ1) is 16.5. The molecule has 2 amide bonds. The number of aryl methyl sites for hydroxylation is 1. The van der Waals surface area contributed by atoms with Crippen molar-refractivity contribution in [3.05, 3.63) is 77.4 Å². The largest absolute Gasteiger partial charge is 0.269 e. The fourth-order valence-corrected chi connectivity index (χ4v) is 2.10. The number of hydrogen-bond donors (Lipinski definition) is 2. The average molecular weight is 308 g/mol. The van der Waals surface area contributed by atoms with Gasteiger partial charge >= 0.3 is 0 Å². The Labute approximate surface area is 136 Å². The summed E-state index contributed by atoms with van der Waals surface area (Å²) in [5.74, 6) is -0.711. The van der Waals surface area contributed by atoms with Gasteiger partial charge in [0.1, 0.15) is 0 Å². The summed E-state index contributed by atoms with van der Waals surface area (Å²) in [5, 5.41) is 0. The highest BCUT2D eigenvalue weighted by Crippen LogP contribution is 2.12. The quantitative estimate of drug-likeness (QED) is 0.673. The van der Waals surface area contributed by atoms with Crippen molar-refractivity contribution in [2.24, 2.45) is 0 Å². The maximum absolute atomic E-state index is 12.0. The van der Waals surface area contributed by atoms with Gasteiger partial charge in [-0.15, -0.1) is 0 Å². The maximum atomic E-state index is 12.0. The van der Waals surface area contributed by atoms with Gasteiger partial charge in [-0.05, 0) is 42.2 Å². The van der Waals surface area contributed by atoms with Gasteiger partial charge in [-0.1, -0.05) is 49.4 Å². The Morgan fingerprint density at radius 2 is 1.57 bits per heavy atom. The van der Waals surface area contributed by atoms with E-state index in [1.807, 2.05) is 49.4 Å². The molecule has 0 radical (unpaired) electrons. The molecule has 0 atom stereocenters. The molecule has 0 saturated heterocycles. The molecule has 0 heterocycles. The van der Waals surface area contributed by atoms with E-state index in [-0.39, 0.29) is 11.8 Å². The average Bonchev–Trinajstić information content (AvgIpc) is 2.60. The highest BCUT2D eigenvalue weighted by molar-refractivity contribution is 5.99. The normalized spacial score (nSPS) is 11.0. The van der Waals surface area contributed by atoms with Crippen LogP contribution < -0.4 is 10.9 Å². The summed E-state index contributed by atoms with van der Waals surface area (Å²) in [6, 6.07) is 16.9. The third-order valence-electron chi connectivity index (χ3n) is 3.50. The summed E-state index contributed by atoms with van der Waals surface area (Å²) in [5.41, 5.74) is 8.26. The molecular formula is C19H20N2O2. The van der Waals surface area contributed by atoms with Crippen LogP contribution in [0.2, 0.25) is 0 Å². The number of benzene rings is 2. The second-order valence-corrected chi connectivity index (χ2v) is 5.19. The van der Waals surface area contributed by atoms with E-state index in [0.29, 0.717) is 5.56 Å². The number of rotatable bonds is 4. The van der Waals surface area contributed by atoms with Crippen molar-refractivity contribution in [3.8, 4) is 0 Å². The van der Waals surface area contributed by atoms with Crippen LogP contribution in [0.3, 0.4) is 0 Å². The lowest BCUT2D eigenvalue weighted by atomic mass is 10.1. The van der Waals surface area contributed by atoms with Gasteiger partial charge in [-0.2, -0.15) is 0 Å². The lowest BCUT2D eigenvalue weighted by Crippen LogP contribution is -2.40. The van der Waals surface area contributed by atoms with E-state index in [4.69, 9.17) is 0 Å². The van der Waals surface area contributed by atoms with E-state index in [1.165, 1.54) is 6.08 Å². The highest BCUT2D eigenvalue weighted by Gasteiger charge is 2.06. The van der Waals surface area contributed by atoms with Gasteiger partial charge in [-0.25, -0.2) is 0 Å². The fourth-order valence-electron chi connectivity index (χ4n) is 2.10. The topological polar surface area (TPSA) is 58.2 Å². The minimum atomic E-state index is -0.370. The van der Waals surface area contributed by atoms with Gasteiger partial charge in [0.2, 0.25) is 0 Å². The molecule has 0 fully saturated rings. The summed E-state index contributed by atoms with van der Waals surface area (Å²) in [6.45, 7) is 3.90. The van der Waals surface area contributed by atoms with Crippen molar-refractivity contribution in [1.29, 1.82) is 0 Å². The second-order valence-electron chi connectivity index (χ2n) is 5.19. The minimum absolute atomic E-state index is 0.341. The first-order chi connectivity index (χ1) is 11.1. The summed E-state index contributed by atoms with van der Waals surface area (Å²) >= 11 is 0. The Hall–Kier alpha value is -2.88. The summed E-state index contributed by atoms with van der Waals surface area (Å²) in [6.07, 6.45) is 2.37. The zero-order valence-corrected chi connectivity index (χ0v) is 13.3. The molecule has 0 aliphatic carbocycles. The predicted molar refractivity (Wildman–Crippen MR) is 91.5 cm³/mol. The fraction of sp³-hybridized carbons (Fsp3) is 0.158. The first-order valence-electron chi connectivity index (χ1n) is 7.53. The lowest BCUT2D eigenvalue weighted by molar-refractivity contribution is -0.117. The third-order valence-corrected chi connectivity index (χ3v) is 3.50. The van der Waals surface area contributed by atoms with Crippen LogP contribution in [0.4, 0.5) is 0 Å². The maximum Gasteiger partial charge on any atom is 0.269 e. The Kier molecular flexibility index (Phi) is 5.69. The number of allylic oxidation sites excluding steroid dienone is 1. The van der Waals surface area contributed by atoms with Crippen LogP contribution >= 0.6 is 0 Å². The summed E-state index contributed by atoms with van der Waals surface area (Å²) in [4.78, 5) is 23.8. The predicted octanol–water partition coefficient (Wildman–Crippen LogP) is 3.11. The van der Waals surface area contributed by atoms with Crippen molar-refractivity contribution in [2.45, 2.75) is 20.3 Å². The molecule has 0 aliphatic rings. The van der Waals surface area contributed by atoms with Crippen LogP contribution in [0.15, 0.2) is 60.7 Å². The van der Waals surface area contributed by atoms with Crippen molar-refractivity contribution in [1.82, 2.24) is 10.9 Å². The molecule has 4 nitrogen and oxygen atoms in total. The van der Waals surface area contributed by atoms with Gasteiger partial charge < -0.3 is 0 Å². The molecule has 2 N–H and O–H groups in total. The number of nitrogens with one attached hydrogen (secondary N) is 2. The van der Waals surface area contributed by atoms with Crippen molar-refractivity contribution in [2.75, 3.05) is 0 Å². The van der Waals surface area contributed by atoms with Crippen LogP contribution in [-0.2, 0) is 11.2 Å². The van der Waals surface area contributed by atoms with Crippen LogP contribution in [-0.4, -0.2) is 11.8 Å². The molecule has 0 aromatic heterocycles. The molecule has 118 valence electrons. The highest BCUT2D eigenvalue weighted by atomic mass is 16.2. The zero-order valence-electron chi connectivity index (χ0n) is 13.3. The number of amides is 2. The van der Waals surface area contributed by atoms with Crippen LogP contribution in [0.25, 0.3) is 5.57 Å². The van der Waals surface area contributed by atoms with E-state index in [1.54, 1.807) is 12.1 Å². The minimum Gasteiger partial charge on any atom is -0.268 e. The van der Waals surface area contributed by atoms with Crippen molar-refractivity contribution in [3.63, 3.8) is 0 Å².